The molecule has 80 valence electrons. The summed E-state index contributed by atoms with van der Waals surface area (Å²) in [5.74, 6) is -1.13. The zero-order chi connectivity index (χ0) is 11.1. The molecular weight excluding hydrogens is 208 g/mol. The molecule has 0 aliphatic rings. The third-order valence-electron chi connectivity index (χ3n) is 1.44. The first kappa shape index (κ1) is 13.0. The highest BCUT2D eigenvalue weighted by atomic mass is 35.5. The molecule has 0 aliphatic heterocycles. The van der Waals surface area contributed by atoms with Crippen LogP contribution in [0.1, 0.15) is 13.3 Å². The van der Waals surface area contributed by atoms with Gasteiger partial charge in [-0.25, -0.2) is 4.79 Å². The van der Waals surface area contributed by atoms with Gasteiger partial charge in [0.15, 0.2) is 0 Å². The SMILES string of the molecule is C=C(CC(Cl)C(=O)OCC)C(=O)OC. The lowest BCUT2D eigenvalue weighted by atomic mass is 10.1. The topological polar surface area (TPSA) is 52.6 Å². The van der Waals surface area contributed by atoms with E-state index in [-0.39, 0.29) is 18.6 Å². The molecule has 1 atom stereocenters. The summed E-state index contributed by atoms with van der Waals surface area (Å²) >= 11 is 5.66. The Labute approximate surface area is 87.8 Å². The predicted molar refractivity (Wildman–Crippen MR) is 52.0 cm³/mol. The van der Waals surface area contributed by atoms with Crippen LogP contribution in [0.2, 0.25) is 0 Å². The maximum Gasteiger partial charge on any atom is 0.333 e. The Morgan fingerprint density at radius 3 is 2.50 bits per heavy atom. The van der Waals surface area contributed by atoms with Crippen molar-refractivity contribution in [3.05, 3.63) is 12.2 Å². The van der Waals surface area contributed by atoms with Crippen molar-refractivity contribution in [1.82, 2.24) is 0 Å². The third-order valence-corrected chi connectivity index (χ3v) is 1.77. The number of alkyl halides is 1. The third kappa shape index (κ3) is 4.28. The van der Waals surface area contributed by atoms with E-state index in [0.717, 1.165) is 0 Å². The van der Waals surface area contributed by atoms with E-state index in [4.69, 9.17) is 11.6 Å². The molecular formula is C9H13ClO4. The van der Waals surface area contributed by atoms with Gasteiger partial charge in [-0.3, -0.25) is 4.79 Å². The average molecular weight is 221 g/mol. The summed E-state index contributed by atoms with van der Waals surface area (Å²) in [5, 5.41) is -0.887. The van der Waals surface area contributed by atoms with Crippen LogP contribution in [0.25, 0.3) is 0 Å². The minimum atomic E-state index is -0.887. The van der Waals surface area contributed by atoms with E-state index in [1.54, 1.807) is 6.92 Å². The quantitative estimate of drug-likeness (QED) is 0.398. The van der Waals surface area contributed by atoms with Crippen LogP contribution in [0, 0.1) is 0 Å². The molecule has 4 nitrogen and oxygen atoms in total. The van der Waals surface area contributed by atoms with E-state index in [1.807, 2.05) is 0 Å². The largest absolute Gasteiger partial charge is 0.466 e. The number of carbonyl (C=O) groups excluding carboxylic acids is 2. The van der Waals surface area contributed by atoms with Gasteiger partial charge in [0.25, 0.3) is 0 Å². The highest BCUT2D eigenvalue weighted by Crippen LogP contribution is 2.12. The molecule has 1 unspecified atom stereocenters. The fourth-order valence-corrected chi connectivity index (χ4v) is 1.01. The molecule has 0 N–H and O–H groups in total. The zero-order valence-corrected chi connectivity index (χ0v) is 8.97. The molecule has 0 fully saturated rings. The van der Waals surface area contributed by atoms with Gasteiger partial charge in [0, 0.05) is 12.0 Å². The first-order valence-electron chi connectivity index (χ1n) is 4.09. The van der Waals surface area contributed by atoms with E-state index in [0.29, 0.717) is 0 Å². The Balaban J connectivity index is 4.05. The van der Waals surface area contributed by atoms with Gasteiger partial charge in [-0.2, -0.15) is 0 Å². The van der Waals surface area contributed by atoms with Crippen LogP contribution in [0.5, 0.6) is 0 Å². The Kier molecular flexibility index (Phi) is 5.95. The van der Waals surface area contributed by atoms with E-state index < -0.39 is 17.3 Å². The lowest BCUT2D eigenvalue weighted by molar-refractivity contribution is -0.142. The Morgan fingerprint density at radius 1 is 1.50 bits per heavy atom. The molecule has 0 spiro atoms. The number of esters is 2. The van der Waals surface area contributed by atoms with Crippen LogP contribution in [-0.4, -0.2) is 31.0 Å². The summed E-state index contributed by atoms with van der Waals surface area (Å²) < 4.78 is 9.06. The van der Waals surface area contributed by atoms with Crippen LogP contribution >= 0.6 is 11.6 Å². The van der Waals surface area contributed by atoms with Crippen molar-refractivity contribution >= 4 is 23.5 Å². The summed E-state index contributed by atoms with van der Waals surface area (Å²) in [6.07, 6.45) is 0.0348. The number of ether oxygens (including phenoxy) is 2. The zero-order valence-electron chi connectivity index (χ0n) is 8.21. The molecule has 14 heavy (non-hydrogen) atoms. The molecule has 0 aromatic heterocycles. The molecule has 0 bridgehead atoms. The summed E-state index contributed by atoms with van der Waals surface area (Å²) in [6.45, 7) is 5.38. The number of hydrogen-bond acceptors (Lipinski definition) is 4. The minimum absolute atomic E-state index is 0.0348. The number of methoxy groups -OCH3 is 1. The first-order valence-corrected chi connectivity index (χ1v) is 4.53. The van der Waals surface area contributed by atoms with E-state index in [2.05, 4.69) is 16.1 Å². The lowest BCUT2D eigenvalue weighted by Crippen LogP contribution is -2.20. The summed E-state index contributed by atoms with van der Waals surface area (Å²) in [7, 11) is 1.24. The second-order valence-electron chi connectivity index (χ2n) is 2.52. The molecule has 0 radical (unpaired) electrons. The van der Waals surface area contributed by atoms with Gasteiger partial charge < -0.3 is 9.47 Å². The Morgan fingerprint density at radius 2 is 2.07 bits per heavy atom. The van der Waals surface area contributed by atoms with Gasteiger partial charge in [-0.15, -0.1) is 11.6 Å². The fourth-order valence-electron chi connectivity index (χ4n) is 0.760. The minimum Gasteiger partial charge on any atom is -0.466 e. The number of carbonyl (C=O) groups is 2. The summed E-state index contributed by atoms with van der Waals surface area (Å²) in [5.41, 5.74) is 0.153. The molecule has 0 saturated carbocycles. The van der Waals surface area contributed by atoms with E-state index in [9.17, 15) is 9.59 Å². The second-order valence-corrected chi connectivity index (χ2v) is 3.05. The van der Waals surface area contributed by atoms with Crippen molar-refractivity contribution in [1.29, 1.82) is 0 Å². The average Bonchev–Trinajstić information content (AvgIpc) is 2.16. The normalized spacial score (nSPS) is 11.6. The fraction of sp³-hybridized carbons (Fsp3) is 0.556. The van der Waals surface area contributed by atoms with Gasteiger partial charge >= 0.3 is 11.9 Å². The van der Waals surface area contributed by atoms with Crippen molar-refractivity contribution in [2.24, 2.45) is 0 Å². The summed E-state index contributed by atoms with van der Waals surface area (Å²) in [4.78, 5) is 21.9. The molecule has 0 amide bonds. The van der Waals surface area contributed by atoms with Gasteiger partial charge in [0.1, 0.15) is 5.38 Å². The second kappa shape index (κ2) is 6.43. The monoisotopic (exact) mass is 220 g/mol. The molecule has 5 heteroatoms. The van der Waals surface area contributed by atoms with Gasteiger partial charge in [0.2, 0.25) is 0 Å². The molecule has 0 rings (SSSR count). The molecule has 0 saturated heterocycles. The highest BCUT2D eigenvalue weighted by molar-refractivity contribution is 6.30. The highest BCUT2D eigenvalue weighted by Gasteiger charge is 2.20. The van der Waals surface area contributed by atoms with Crippen molar-refractivity contribution in [3.63, 3.8) is 0 Å². The predicted octanol–water partition coefficient (Wildman–Crippen LogP) is 1.28. The maximum absolute atomic E-state index is 11.0. The van der Waals surface area contributed by atoms with Gasteiger partial charge in [-0.1, -0.05) is 6.58 Å². The van der Waals surface area contributed by atoms with Crippen LogP contribution in [0.3, 0.4) is 0 Å². The van der Waals surface area contributed by atoms with Crippen molar-refractivity contribution < 1.29 is 19.1 Å². The molecule has 0 aromatic carbocycles. The summed E-state index contributed by atoms with van der Waals surface area (Å²) in [6, 6.07) is 0. The van der Waals surface area contributed by atoms with Crippen molar-refractivity contribution in [2.45, 2.75) is 18.7 Å². The van der Waals surface area contributed by atoms with E-state index >= 15 is 0 Å². The van der Waals surface area contributed by atoms with Gasteiger partial charge in [0.05, 0.1) is 13.7 Å². The first-order chi connectivity index (χ1) is 6.52. The molecule has 0 aromatic rings. The number of hydrogen-bond donors (Lipinski definition) is 0. The smallest absolute Gasteiger partial charge is 0.333 e. The van der Waals surface area contributed by atoms with Crippen LogP contribution < -0.4 is 0 Å². The molecule has 0 aliphatic carbocycles. The van der Waals surface area contributed by atoms with Crippen molar-refractivity contribution in [3.8, 4) is 0 Å². The molecule has 0 heterocycles. The van der Waals surface area contributed by atoms with Crippen LogP contribution in [-0.2, 0) is 19.1 Å². The van der Waals surface area contributed by atoms with E-state index in [1.165, 1.54) is 7.11 Å². The number of rotatable bonds is 5. The van der Waals surface area contributed by atoms with Crippen LogP contribution in [0.15, 0.2) is 12.2 Å². The van der Waals surface area contributed by atoms with Crippen LogP contribution in [0.4, 0.5) is 0 Å². The lowest BCUT2D eigenvalue weighted by Gasteiger charge is -2.08. The van der Waals surface area contributed by atoms with Gasteiger partial charge in [-0.05, 0) is 6.92 Å². The van der Waals surface area contributed by atoms with Crippen molar-refractivity contribution in [2.75, 3.05) is 13.7 Å². The Bertz CT molecular complexity index is 237. The Hall–Kier alpha value is -1.03. The maximum atomic E-state index is 11.0. The standard InChI is InChI=1S/C9H13ClO4/c1-4-14-9(12)7(10)5-6(2)8(11)13-3/h7H,2,4-5H2,1,3H3. The number of halogens is 1.